The lowest BCUT2D eigenvalue weighted by molar-refractivity contribution is 0.390. The number of ether oxygens (including phenoxy) is 1. The molecule has 2 aliphatic rings. The summed E-state index contributed by atoms with van der Waals surface area (Å²) in [5.74, 6) is 1.81. The third kappa shape index (κ3) is 2.46. The number of methoxy groups -OCH3 is 1. The summed E-state index contributed by atoms with van der Waals surface area (Å²) in [6.07, 6.45) is 5.27. The van der Waals surface area contributed by atoms with Gasteiger partial charge in [-0.05, 0) is 82.2 Å². The van der Waals surface area contributed by atoms with Gasteiger partial charge in [-0.25, -0.2) is 0 Å². The fraction of sp³-hybridized carbons (Fsp3) is 0.667. The molecule has 2 unspecified atom stereocenters. The third-order valence-electron chi connectivity index (χ3n) is 5.03. The summed E-state index contributed by atoms with van der Waals surface area (Å²) in [6, 6.07) is 6.69. The fourth-order valence-electron chi connectivity index (χ4n) is 3.81. The van der Waals surface area contributed by atoms with Crippen LogP contribution in [0.1, 0.15) is 51.2 Å². The molecule has 0 radical (unpaired) electrons. The van der Waals surface area contributed by atoms with Crippen LogP contribution in [0.15, 0.2) is 18.2 Å². The van der Waals surface area contributed by atoms with Crippen LogP contribution in [0.25, 0.3) is 0 Å². The summed E-state index contributed by atoms with van der Waals surface area (Å²) in [7, 11) is 1.77. The molecule has 2 atom stereocenters. The first-order valence-corrected chi connectivity index (χ1v) is 7.87. The fourth-order valence-corrected chi connectivity index (χ4v) is 3.81. The van der Waals surface area contributed by atoms with E-state index in [-0.39, 0.29) is 5.54 Å². The standard InChI is InChI=1S/C18H27NO/c1-17(2,3)19-12-14-11-18(14)9-5-6-13-7-8-15(20-4)10-16(13)18/h7-8,10,14,19H,5-6,9,11-12H2,1-4H3. The molecule has 1 fully saturated rings. The molecule has 1 aromatic carbocycles. The monoisotopic (exact) mass is 273 g/mol. The Morgan fingerprint density at radius 2 is 2.15 bits per heavy atom. The lowest BCUT2D eigenvalue weighted by Crippen LogP contribution is -2.38. The summed E-state index contributed by atoms with van der Waals surface area (Å²) in [4.78, 5) is 0. The molecule has 1 spiro atoms. The first kappa shape index (κ1) is 13.9. The molecule has 0 aliphatic heterocycles. The molecular formula is C18H27NO. The first-order chi connectivity index (χ1) is 9.44. The van der Waals surface area contributed by atoms with Crippen molar-refractivity contribution in [1.29, 1.82) is 0 Å². The van der Waals surface area contributed by atoms with Crippen LogP contribution in [0.4, 0.5) is 0 Å². The summed E-state index contributed by atoms with van der Waals surface area (Å²) < 4.78 is 5.44. The number of benzene rings is 1. The van der Waals surface area contributed by atoms with Gasteiger partial charge >= 0.3 is 0 Å². The topological polar surface area (TPSA) is 21.3 Å². The molecule has 1 N–H and O–H groups in total. The molecule has 2 nitrogen and oxygen atoms in total. The van der Waals surface area contributed by atoms with E-state index in [1.54, 1.807) is 18.2 Å². The van der Waals surface area contributed by atoms with Gasteiger partial charge < -0.3 is 10.1 Å². The van der Waals surface area contributed by atoms with Crippen LogP contribution >= 0.6 is 0 Å². The van der Waals surface area contributed by atoms with E-state index < -0.39 is 0 Å². The molecule has 2 heteroatoms. The van der Waals surface area contributed by atoms with E-state index in [1.165, 1.54) is 25.7 Å². The van der Waals surface area contributed by atoms with Gasteiger partial charge in [-0.3, -0.25) is 0 Å². The average molecular weight is 273 g/mol. The molecule has 1 aromatic rings. The summed E-state index contributed by atoms with van der Waals surface area (Å²) in [5.41, 5.74) is 3.79. The predicted octanol–water partition coefficient (Wildman–Crippen LogP) is 3.68. The molecule has 0 heterocycles. The zero-order valence-electron chi connectivity index (χ0n) is 13.3. The van der Waals surface area contributed by atoms with Gasteiger partial charge in [0.25, 0.3) is 0 Å². The Hall–Kier alpha value is -1.02. The first-order valence-electron chi connectivity index (χ1n) is 7.87. The maximum absolute atomic E-state index is 5.44. The molecule has 3 rings (SSSR count). The lowest BCUT2D eigenvalue weighted by atomic mass is 9.78. The summed E-state index contributed by atoms with van der Waals surface area (Å²) in [6.45, 7) is 7.89. The average Bonchev–Trinajstić information content (AvgIpc) is 3.10. The zero-order valence-corrected chi connectivity index (χ0v) is 13.3. The van der Waals surface area contributed by atoms with Crippen LogP contribution in [0, 0.1) is 5.92 Å². The second-order valence-electron chi connectivity index (χ2n) is 7.56. The van der Waals surface area contributed by atoms with Crippen LogP contribution < -0.4 is 10.1 Å². The van der Waals surface area contributed by atoms with Crippen molar-refractivity contribution in [3.8, 4) is 5.75 Å². The molecule has 1 saturated carbocycles. The van der Waals surface area contributed by atoms with Crippen molar-refractivity contribution < 1.29 is 4.74 Å². The molecule has 0 amide bonds. The number of fused-ring (bicyclic) bond motifs is 2. The van der Waals surface area contributed by atoms with Gasteiger partial charge in [0.05, 0.1) is 7.11 Å². The van der Waals surface area contributed by atoms with E-state index in [0.717, 1.165) is 18.2 Å². The van der Waals surface area contributed by atoms with Crippen molar-refractivity contribution in [2.24, 2.45) is 5.92 Å². The Balaban J connectivity index is 1.80. The van der Waals surface area contributed by atoms with E-state index in [0.29, 0.717) is 5.41 Å². The number of rotatable bonds is 3. The van der Waals surface area contributed by atoms with Crippen molar-refractivity contribution in [3.63, 3.8) is 0 Å². The number of aryl methyl sites for hydroxylation is 1. The summed E-state index contributed by atoms with van der Waals surface area (Å²) in [5, 5.41) is 3.68. The highest BCUT2D eigenvalue weighted by atomic mass is 16.5. The van der Waals surface area contributed by atoms with E-state index in [9.17, 15) is 0 Å². The Morgan fingerprint density at radius 3 is 2.85 bits per heavy atom. The Morgan fingerprint density at radius 1 is 1.35 bits per heavy atom. The SMILES string of the molecule is COc1ccc2c(c1)C1(CCC2)CC1CNC(C)(C)C. The predicted molar refractivity (Wildman–Crippen MR) is 83.5 cm³/mol. The van der Waals surface area contributed by atoms with E-state index in [1.807, 2.05) is 0 Å². The minimum atomic E-state index is 0.218. The van der Waals surface area contributed by atoms with Crippen molar-refractivity contribution >= 4 is 0 Å². The zero-order chi connectivity index (χ0) is 14.4. The van der Waals surface area contributed by atoms with Crippen LogP contribution in [-0.4, -0.2) is 19.2 Å². The largest absolute Gasteiger partial charge is 0.497 e. The summed E-state index contributed by atoms with van der Waals surface area (Å²) >= 11 is 0. The minimum Gasteiger partial charge on any atom is -0.497 e. The number of nitrogens with one attached hydrogen (secondary N) is 1. The second kappa shape index (κ2) is 4.77. The van der Waals surface area contributed by atoms with Gasteiger partial charge in [-0.1, -0.05) is 6.07 Å². The maximum atomic E-state index is 5.44. The van der Waals surface area contributed by atoms with Gasteiger partial charge in [-0.15, -0.1) is 0 Å². The van der Waals surface area contributed by atoms with Crippen molar-refractivity contribution in [3.05, 3.63) is 29.3 Å². The van der Waals surface area contributed by atoms with Crippen molar-refractivity contribution in [2.75, 3.05) is 13.7 Å². The molecule has 110 valence electrons. The third-order valence-corrected chi connectivity index (χ3v) is 5.03. The second-order valence-corrected chi connectivity index (χ2v) is 7.56. The molecule has 0 saturated heterocycles. The van der Waals surface area contributed by atoms with Gasteiger partial charge in [0.1, 0.15) is 5.75 Å². The van der Waals surface area contributed by atoms with Crippen molar-refractivity contribution in [1.82, 2.24) is 5.32 Å². The number of hydrogen-bond acceptors (Lipinski definition) is 2. The van der Waals surface area contributed by atoms with Gasteiger partial charge in [0, 0.05) is 11.0 Å². The molecule has 0 aromatic heterocycles. The molecule has 0 bridgehead atoms. The Bertz CT molecular complexity index is 503. The minimum absolute atomic E-state index is 0.218. The van der Waals surface area contributed by atoms with Gasteiger partial charge in [0.15, 0.2) is 0 Å². The molecule has 20 heavy (non-hydrogen) atoms. The van der Waals surface area contributed by atoms with Gasteiger partial charge in [-0.2, -0.15) is 0 Å². The Kier molecular flexibility index (Phi) is 3.32. The highest BCUT2D eigenvalue weighted by Gasteiger charge is 2.56. The van der Waals surface area contributed by atoms with Gasteiger partial charge in [0.2, 0.25) is 0 Å². The Labute approximate surface area is 122 Å². The maximum Gasteiger partial charge on any atom is 0.119 e. The smallest absolute Gasteiger partial charge is 0.119 e. The quantitative estimate of drug-likeness (QED) is 0.907. The van der Waals surface area contributed by atoms with Crippen molar-refractivity contribution in [2.45, 2.75) is 57.4 Å². The highest BCUT2D eigenvalue weighted by Crippen LogP contribution is 2.60. The molecular weight excluding hydrogens is 246 g/mol. The van der Waals surface area contributed by atoms with Crippen LogP contribution in [0.2, 0.25) is 0 Å². The number of hydrogen-bond donors (Lipinski definition) is 1. The van der Waals surface area contributed by atoms with Crippen LogP contribution in [-0.2, 0) is 11.8 Å². The lowest BCUT2D eigenvalue weighted by Gasteiger charge is -2.28. The van der Waals surface area contributed by atoms with Crippen LogP contribution in [0.5, 0.6) is 5.75 Å². The normalized spacial score (nSPS) is 28.3. The molecule has 2 aliphatic carbocycles. The van der Waals surface area contributed by atoms with Crippen LogP contribution in [0.3, 0.4) is 0 Å². The van der Waals surface area contributed by atoms with E-state index in [2.05, 4.69) is 44.3 Å². The highest BCUT2D eigenvalue weighted by molar-refractivity contribution is 5.46. The van der Waals surface area contributed by atoms with E-state index >= 15 is 0 Å². The van der Waals surface area contributed by atoms with E-state index in [4.69, 9.17) is 4.74 Å².